The first-order valence-corrected chi connectivity index (χ1v) is 10.7. The van der Waals surface area contributed by atoms with E-state index in [2.05, 4.69) is 32.4 Å². The van der Waals surface area contributed by atoms with Crippen LogP contribution in [0, 0.1) is 6.92 Å². The maximum atomic E-state index is 13.2. The Morgan fingerprint density at radius 3 is 2.75 bits per heavy atom. The van der Waals surface area contributed by atoms with Gasteiger partial charge < -0.3 is 9.42 Å². The Kier molecular flexibility index (Phi) is 5.05. The van der Waals surface area contributed by atoms with Crippen molar-refractivity contribution in [2.24, 2.45) is 0 Å². The van der Waals surface area contributed by atoms with Gasteiger partial charge in [-0.25, -0.2) is 9.67 Å². The zero-order valence-corrected chi connectivity index (χ0v) is 18.3. The molecule has 0 atom stereocenters. The molecule has 1 aliphatic heterocycles. The number of carbonyl (C=O) groups is 1. The molecule has 1 aliphatic rings. The van der Waals surface area contributed by atoms with Crippen LogP contribution in [0.15, 0.2) is 53.3 Å². The Morgan fingerprint density at radius 2 is 1.97 bits per heavy atom. The first kappa shape index (κ1) is 20.1. The summed E-state index contributed by atoms with van der Waals surface area (Å²) in [6.07, 6.45) is 4.16. The van der Waals surface area contributed by atoms with E-state index >= 15 is 0 Å². The number of nitrogens with zero attached hydrogens (tertiary/aromatic N) is 6. The van der Waals surface area contributed by atoms with Crippen molar-refractivity contribution >= 4 is 5.91 Å². The monoisotopic (exact) mass is 428 g/mol. The van der Waals surface area contributed by atoms with Crippen molar-refractivity contribution in [2.45, 2.75) is 39.7 Å². The van der Waals surface area contributed by atoms with E-state index in [9.17, 15) is 4.79 Å². The Morgan fingerprint density at radius 1 is 1.16 bits per heavy atom. The van der Waals surface area contributed by atoms with E-state index in [1.165, 1.54) is 11.1 Å². The fourth-order valence-electron chi connectivity index (χ4n) is 3.94. The van der Waals surface area contributed by atoms with Crippen LogP contribution >= 0.6 is 0 Å². The van der Waals surface area contributed by atoms with Crippen LogP contribution in [0.2, 0.25) is 0 Å². The van der Waals surface area contributed by atoms with Gasteiger partial charge in [-0.1, -0.05) is 43.3 Å². The lowest BCUT2D eigenvalue weighted by Crippen LogP contribution is -2.36. The lowest BCUT2D eigenvalue weighted by atomic mass is 9.99. The van der Waals surface area contributed by atoms with Gasteiger partial charge >= 0.3 is 0 Å². The van der Waals surface area contributed by atoms with Crippen molar-refractivity contribution < 1.29 is 9.32 Å². The molecule has 1 amide bonds. The van der Waals surface area contributed by atoms with E-state index in [1.807, 2.05) is 49.9 Å². The average molecular weight is 428 g/mol. The fourth-order valence-corrected chi connectivity index (χ4v) is 3.94. The molecule has 162 valence electrons. The summed E-state index contributed by atoms with van der Waals surface area (Å²) >= 11 is 0. The minimum atomic E-state index is -0.0158. The van der Waals surface area contributed by atoms with Gasteiger partial charge in [0.15, 0.2) is 11.6 Å². The maximum absolute atomic E-state index is 13.2. The van der Waals surface area contributed by atoms with E-state index in [4.69, 9.17) is 4.52 Å². The van der Waals surface area contributed by atoms with Crippen LogP contribution < -0.4 is 0 Å². The third-order valence-corrected chi connectivity index (χ3v) is 5.83. The number of fused-ring (bicyclic) bond motifs is 1. The molecule has 0 bridgehead atoms. The summed E-state index contributed by atoms with van der Waals surface area (Å²) in [4.78, 5) is 24.0. The molecule has 32 heavy (non-hydrogen) atoms. The van der Waals surface area contributed by atoms with Crippen LogP contribution in [0.1, 0.15) is 52.8 Å². The summed E-state index contributed by atoms with van der Waals surface area (Å²) < 4.78 is 7.08. The van der Waals surface area contributed by atoms with Crippen LogP contribution in [-0.2, 0) is 13.0 Å². The Balaban J connectivity index is 1.41. The third-order valence-electron chi connectivity index (χ3n) is 5.83. The van der Waals surface area contributed by atoms with Crippen molar-refractivity contribution in [3.8, 4) is 17.3 Å². The summed E-state index contributed by atoms with van der Waals surface area (Å²) in [6, 6.07) is 11.9. The third kappa shape index (κ3) is 3.57. The molecule has 0 unspecified atom stereocenters. The Bertz CT molecular complexity index is 1290. The van der Waals surface area contributed by atoms with Gasteiger partial charge in [-0.15, -0.1) is 0 Å². The van der Waals surface area contributed by atoms with Crippen molar-refractivity contribution in [2.75, 3.05) is 6.54 Å². The number of pyridine rings is 1. The van der Waals surface area contributed by atoms with E-state index in [-0.39, 0.29) is 11.8 Å². The molecule has 0 spiro atoms. The number of amides is 1. The number of benzene rings is 1. The molecular weight excluding hydrogens is 404 g/mol. The maximum Gasteiger partial charge on any atom is 0.258 e. The standard InChI is InChI=1S/C24H24N6O2/c1-15(2)22-27-23(32-28-22)18-8-10-25-21(12-18)30-16(3)20(13-26-30)24(31)29-11-9-17-6-4-5-7-19(17)14-29/h4-8,10,12-13,15H,9,11,14H2,1-3H3. The highest BCUT2D eigenvalue weighted by atomic mass is 16.5. The summed E-state index contributed by atoms with van der Waals surface area (Å²) in [7, 11) is 0. The SMILES string of the molecule is Cc1c(C(=O)N2CCc3ccccc3C2)cnn1-c1cc(-c2nc(C(C)C)no2)ccn1. The second kappa shape index (κ2) is 8.03. The van der Waals surface area contributed by atoms with E-state index in [1.54, 1.807) is 17.1 Å². The average Bonchev–Trinajstić information content (AvgIpc) is 3.46. The van der Waals surface area contributed by atoms with Gasteiger partial charge in [0.1, 0.15) is 0 Å². The Labute approximate surface area is 185 Å². The molecule has 5 rings (SSSR count). The van der Waals surface area contributed by atoms with E-state index in [0.29, 0.717) is 36.2 Å². The van der Waals surface area contributed by atoms with Gasteiger partial charge in [-0.2, -0.15) is 10.1 Å². The number of hydrogen-bond acceptors (Lipinski definition) is 6. The summed E-state index contributed by atoms with van der Waals surface area (Å²) in [5, 5.41) is 8.48. The van der Waals surface area contributed by atoms with Gasteiger partial charge in [0, 0.05) is 30.8 Å². The van der Waals surface area contributed by atoms with Gasteiger partial charge in [0.2, 0.25) is 0 Å². The largest absolute Gasteiger partial charge is 0.334 e. The van der Waals surface area contributed by atoms with Crippen LogP contribution in [-0.4, -0.2) is 42.3 Å². The van der Waals surface area contributed by atoms with Gasteiger partial charge in [-0.05, 0) is 36.6 Å². The first-order chi connectivity index (χ1) is 15.5. The Hall–Kier alpha value is -3.81. The van der Waals surface area contributed by atoms with Gasteiger partial charge in [0.05, 0.1) is 17.5 Å². The molecule has 0 saturated carbocycles. The van der Waals surface area contributed by atoms with Gasteiger partial charge in [-0.3, -0.25) is 4.79 Å². The molecular formula is C24H24N6O2. The molecule has 4 aromatic rings. The van der Waals surface area contributed by atoms with Crippen molar-refractivity contribution in [3.05, 3.63) is 77.0 Å². The highest BCUT2D eigenvalue weighted by Crippen LogP contribution is 2.24. The second-order valence-corrected chi connectivity index (χ2v) is 8.32. The molecule has 0 fully saturated rings. The molecule has 0 N–H and O–H groups in total. The minimum Gasteiger partial charge on any atom is -0.334 e. The van der Waals surface area contributed by atoms with Crippen molar-refractivity contribution in [1.82, 2.24) is 29.8 Å². The van der Waals surface area contributed by atoms with Crippen LogP contribution in [0.4, 0.5) is 0 Å². The molecule has 3 aromatic heterocycles. The first-order valence-electron chi connectivity index (χ1n) is 10.7. The van der Waals surface area contributed by atoms with Crippen LogP contribution in [0.3, 0.4) is 0 Å². The number of hydrogen-bond donors (Lipinski definition) is 0. The second-order valence-electron chi connectivity index (χ2n) is 8.32. The van der Waals surface area contributed by atoms with Gasteiger partial charge in [0.25, 0.3) is 11.8 Å². The zero-order chi connectivity index (χ0) is 22.2. The summed E-state index contributed by atoms with van der Waals surface area (Å²) in [5.74, 6) is 1.85. The quantitative estimate of drug-likeness (QED) is 0.489. The molecule has 0 aliphatic carbocycles. The van der Waals surface area contributed by atoms with Crippen molar-refractivity contribution in [3.63, 3.8) is 0 Å². The van der Waals surface area contributed by atoms with Crippen molar-refractivity contribution in [1.29, 1.82) is 0 Å². The minimum absolute atomic E-state index is 0.0158. The number of rotatable bonds is 4. The lowest BCUT2D eigenvalue weighted by molar-refractivity contribution is 0.0734. The lowest BCUT2D eigenvalue weighted by Gasteiger charge is -2.28. The van der Waals surface area contributed by atoms with E-state index in [0.717, 1.165) is 17.7 Å². The topological polar surface area (TPSA) is 89.9 Å². The molecule has 8 heteroatoms. The van der Waals surface area contributed by atoms with Crippen LogP contribution in [0.5, 0.6) is 0 Å². The molecule has 8 nitrogen and oxygen atoms in total. The highest BCUT2D eigenvalue weighted by Gasteiger charge is 2.25. The summed E-state index contributed by atoms with van der Waals surface area (Å²) in [6.45, 7) is 7.22. The number of aromatic nitrogens is 5. The normalized spacial score (nSPS) is 13.4. The highest BCUT2D eigenvalue weighted by molar-refractivity contribution is 5.95. The zero-order valence-electron chi connectivity index (χ0n) is 18.3. The van der Waals surface area contributed by atoms with Crippen LogP contribution in [0.25, 0.3) is 17.3 Å². The smallest absolute Gasteiger partial charge is 0.258 e. The van der Waals surface area contributed by atoms with E-state index < -0.39 is 0 Å². The predicted octanol–water partition coefficient (Wildman–Crippen LogP) is 3.95. The molecule has 0 radical (unpaired) electrons. The fraction of sp³-hybridized carbons (Fsp3) is 0.292. The molecule has 0 saturated heterocycles. The molecule has 1 aromatic carbocycles. The summed E-state index contributed by atoms with van der Waals surface area (Å²) in [5.41, 5.74) is 4.59. The molecule has 4 heterocycles. The number of carbonyl (C=O) groups excluding carboxylic acids is 1. The predicted molar refractivity (Wildman–Crippen MR) is 118 cm³/mol.